The highest BCUT2D eigenvalue weighted by Crippen LogP contribution is 2.66. The molecule has 6 aliphatic rings. The monoisotopic (exact) mass is 1740 g/mol. The van der Waals surface area contributed by atoms with Crippen LogP contribution in [0.4, 0.5) is 0 Å². The minimum absolute atomic E-state index is 0. The number of benzene rings is 3. The van der Waals surface area contributed by atoms with Crippen molar-refractivity contribution in [1.82, 2.24) is 0 Å². The summed E-state index contributed by atoms with van der Waals surface area (Å²) in [5.74, 6) is 12.9. The summed E-state index contributed by atoms with van der Waals surface area (Å²) in [4.78, 5) is 0. The number of hydrogen-bond acceptors (Lipinski definition) is 4. The zero-order chi connectivity index (χ0) is 89.0. The van der Waals surface area contributed by atoms with Crippen molar-refractivity contribution >= 4 is 55.4 Å². The van der Waals surface area contributed by atoms with Crippen molar-refractivity contribution in [3.63, 3.8) is 0 Å². The second kappa shape index (κ2) is 46.8. The van der Waals surface area contributed by atoms with E-state index in [9.17, 15) is 0 Å². The van der Waals surface area contributed by atoms with Crippen LogP contribution in [0.5, 0.6) is 0 Å². The van der Waals surface area contributed by atoms with Gasteiger partial charge in [-0.15, -0.1) is 22.2 Å². The average molecular weight is 1750 g/mol. The Morgan fingerprint density at radius 2 is 0.669 bits per heavy atom. The van der Waals surface area contributed by atoms with Crippen LogP contribution in [-0.4, -0.2) is 64.3 Å². The van der Waals surface area contributed by atoms with E-state index in [1.807, 2.05) is 27.3 Å². The van der Waals surface area contributed by atoms with Crippen LogP contribution in [-0.2, 0) is 30.5 Å². The van der Waals surface area contributed by atoms with Crippen molar-refractivity contribution in [3.8, 4) is 0 Å². The standard InChI is InChI=1S/C38H68OSi.C33H57ClOSi.C22H34.C11H24Cl2OSi.C4H11N/c1-28(2)33-26-34-31(29-20-22-30(23-21-29)37(6,7)8)18-17-19-32(34)35(33)40(12,27-36(3,4)5)25-16-14-13-15-24-39-38(9,10)11;1-24(2)29-23-30-27(25-17-19-26(20-18-25)32(3,4)5)15-14-16-28(30)31(29)36(9,34)22-13-11-10-12-21-35-33(6,7)8;1-15(2)18-13-17-7-6-8-20(21(17)14-18)16-9-11-19(12-10-16)22(3,4)5;1-11(2,3)14-9-7-5-6-8-10-15(4,12)13;1-4(2,3)5/h20-23,28,31-35H,13-19,24-27H2,1-12H3;17-20,24,27-31H,10-16,21-23H2,1-9H3;9-12,15,17-18,20-21H,6-8,13-14H2,1-5H3;5-10H2,1-4H3;5H2,1-3H3. The number of fused-ring (bicyclic) bond motifs is 3. The maximum atomic E-state index is 7.68. The lowest BCUT2D eigenvalue weighted by Gasteiger charge is -2.47. The van der Waals surface area contributed by atoms with Crippen LogP contribution in [0, 0.1) is 76.4 Å². The van der Waals surface area contributed by atoms with Gasteiger partial charge in [0.15, 0.2) is 7.38 Å². The molecule has 0 saturated heterocycles. The zero-order valence-corrected chi connectivity index (χ0v) is 89.1. The number of nitrogens with two attached hydrogens (primary N) is 1. The van der Waals surface area contributed by atoms with Crippen LogP contribution in [0.15, 0.2) is 72.8 Å². The fourth-order valence-electron chi connectivity index (χ4n) is 23.0. The summed E-state index contributed by atoms with van der Waals surface area (Å²) in [6.45, 7) is 76.7. The van der Waals surface area contributed by atoms with Gasteiger partial charge in [0.05, 0.1) is 24.9 Å². The Labute approximate surface area is 751 Å². The Morgan fingerprint density at radius 3 is 0.992 bits per heavy atom. The third-order valence-corrected chi connectivity index (χ3v) is 41.7. The third kappa shape index (κ3) is 37.8. The molecule has 3 aromatic rings. The predicted octanol–water partition coefficient (Wildman–Crippen LogP) is 35.0. The van der Waals surface area contributed by atoms with Crippen LogP contribution < -0.4 is 5.73 Å². The van der Waals surface area contributed by atoms with Crippen molar-refractivity contribution in [1.29, 1.82) is 0 Å². The largest absolute Gasteiger partial charge is 0.376 e. The second-order valence-corrected chi connectivity index (χ2v) is 69.0. The van der Waals surface area contributed by atoms with Crippen molar-refractivity contribution in [2.45, 2.75) is 479 Å². The number of ether oxygens (including phenoxy) is 3. The van der Waals surface area contributed by atoms with E-state index in [0.29, 0.717) is 5.41 Å². The molecule has 0 heterocycles. The molecule has 16 unspecified atom stereocenters. The Kier molecular flexibility index (Phi) is 42.7. The molecule has 6 fully saturated rings. The van der Waals surface area contributed by atoms with Gasteiger partial charge in [-0.2, -0.15) is 11.1 Å². The van der Waals surface area contributed by atoms with Crippen LogP contribution in [0.3, 0.4) is 0 Å². The van der Waals surface area contributed by atoms with Gasteiger partial charge in [0.1, 0.15) is 0 Å². The summed E-state index contributed by atoms with van der Waals surface area (Å²) >= 11 is 19.7. The first kappa shape index (κ1) is 108. The molecule has 10 heteroatoms. The molecule has 6 saturated carbocycles. The number of rotatable bonds is 30. The maximum absolute atomic E-state index is 7.68. The maximum Gasteiger partial charge on any atom is 0.248 e. The lowest BCUT2D eigenvalue weighted by Crippen LogP contribution is -2.45. The Balaban J connectivity index is 0.000000289. The predicted molar refractivity (Wildman–Crippen MR) is 535 cm³/mol. The summed E-state index contributed by atoms with van der Waals surface area (Å²) in [6.07, 6.45) is 33.8. The molecule has 6 aliphatic carbocycles. The number of hydrogen-bond donors (Lipinski definition) is 1. The molecule has 0 spiro atoms. The van der Waals surface area contributed by atoms with Crippen LogP contribution in [0.25, 0.3) is 0 Å². The van der Waals surface area contributed by atoms with Crippen molar-refractivity contribution in [2.24, 2.45) is 82.2 Å². The van der Waals surface area contributed by atoms with Gasteiger partial charge in [0.2, 0.25) is 6.69 Å². The lowest BCUT2D eigenvalue weighted by molar-refractivity contribution is -0.00508. The Hall–Kier alpha value is -0.979. The topological polar surface area (TPSA) is 53.7 Å². The second-order valence-electron chi connectivity index (χ2n) is 49.6. The minimum Gasteiger partial charge on any atom is -0.376 e. The molecular weight excluding hydrogens is 1550 g/mol. The molecule has 2 N–H and O–H groups in total. The highest BCUT2D eigenvalue weighted by molar-refractivity contribution is 7.44. The third-order valence-electron chi connectivity index (χ3n) is 28.6. The lowest BCUT2D eigenvalue weighted by atomic mass is 9.70. The first-order chi connectivity index (χ1) is 54.2. The normalized spacial score (nSPS) is 26.3. The van der Waals surface area contributed by atoms with Crippen LogP contribution in [0.2, 0.25) is 54.9 Å². The average Bonchev–Trinajstić information content (AvgIpc) is 1.61. The Morgan fingerprint density at radius 1 is 0.356 bits per heavy atom. The zero-order valence-electron chi connectivity index (χ0n) is 83.8. The molecular formula is C108H194Cl3NO3Si3. The van der Waals surface area contributed by atoms with Gasteiger partial charge >= 0.3 is 0 Å². The van der Waals surface area contributed by atoms with E-state index < -0.39 is 22.2 Å². The van der Waals surface area contributed by atoms with E-state index in [2.05, 4.69) is 273 Å². The van der Waals surface area contributed by atoms with E-state index in [0.717, 1.165) is 139 Å². The van der Waals surface area contributed by atoms with Crippen LogP contribution in [0.1, 0.15) is 419 Å². The first-order valence-corrected chi connectivity index (χ1v) is 60.8. The molecule has 118 heavy (non-hydrogen) atoms. The molecule has 682 valence electrons. The fraction of sp³-hybridized carbons (Fsp3) is 0.833. The highest BCUT2D eigenvalue weighted by atomic mass is 35.7. The summed E-state index contributed by atoms with van der Waals surface area (Å²) in [7, 11) is -3.31. The van der Waals surface area contributed by atoms with E-state index in [4.69, 9.17) is 53.2 Å². The van der Waals surface area contributed by atoms with Crippen molar-refractivity contribution in [3.05, 3.63) is 106 Å². The van der Waals surface area contributed by atoms with Gasteiger partial charge in [-0.3, -0.25) is 0 Å². The summed E-state index contributed by atoms with van der Waals surface area (Å²) in [6, 6.07) is 34.6. The van der Waals surface area contributed by atoms with Crippen LogP contribution >= 0.6 is 33.2 Å². The van der Waals surface area contributed by atoms with Gasteiger partial charge in [-0.05, 0) is 321 Å². The van der Waals surface area contributed by atoms with Gasteiger partial charge in [-0.25, -0.2) is 0 Å². The summed E-state index contributed by atoms with van der Waals surface area (Å²) < 4.78 is 17.5. The van der Waals surface area contributed by atoms with Crippen molar-refractivity contribution < 1.29 is 14.2 Å². The van der Waals surface area contributed by atoms with Gasteiger partial charge < -0.3 is 19.9 Å². The van der Waals surface area contributed by atoms with Gasteiger partial charge in [0.25, 0.3) is 0 Å². The fourth-order valence-corrected chi connectivity index (χ4v) is 37.3. The van der Waals surface area contributed by atoms with Gasteiger partial charge in [-0.1, -0.05) is 319 Å². The molecule has 0 aliphatic heterocycles. The van der Waals surface area contributed by atoms with E-state index in [-0.39, 0.29) is 38.6 Å². The van der Waals surface area contributed by atoms with E-state index in [1.54, 1.807) is 16.7 Å². The SMILES string of the molecule is CC(C)(C)N.CC(C)(C)OCCCCCC[Si](C)(Cl)Cl.CC(C)C1CC2C(c3ccc(C(C)(C)C)cc3)CCCC2C1[Si](C)(CCCCCCOC(C)(C)C)CC(C)(C)C.CC(C)C1CC2C(c3ccc(C(C)(C)C)cc3)CCCC2C1[Si](C)(Cl)CCCCCCOC(C)(C)C.CC(C)C1CC2CCCC(c3ccc(C(C)(C)C)cc3)C2C1. The molecule has 0 aromatic heterocycles. The summed E-state index contributed by atoms with van der Waals surface area (Å²) in [5, 5.41) is 0. The molecule has 3 aromatic carbocycles. The number of unbranched alkanes of at least 4 members (excludes halogenated alkanes) is 9. The summed E-state index contributed by atoms with van der Waals surface area (Å²) in [5.41, 5.74) is 17.5. The molecule has 0 radical (unpaired) electrons. The first-order valence-electron chi connectivity index (χ1n) is 49.3. The van der Waals surface area contributed by atoms with E-state index in [1.165, 1.54) is 183 Å². The molecule has 9 rings (SSSR count). The molecule has 0 amide bonds. The minimum atomic E-state index is -1.84. The highest BCUT2D eigenvalue weighted by Gasteiger charge is 2.57. The van der Waals surface area contributed by atoms with Gasteiger partial charge in [0, 0.05) is 25.4 Å². The number of halogens is 3. The Bertz CT molecular complexity index is 3220. The molecule has 4 nitrogen and oxygen atoms in total. The smallest absolute Gasteiger partial charge is 0.248 e. The van der Waals surface area contributed by atoms with Crippen molar-refractivity contribution in [2.75, 3.05) is 19.8 Å². The molecule has 0 bridgehead atoms. The quantitative estimate of drug-likeness (QED) is 0.0411. The van der Waals surface area contributed by atoms with E-state index >= 15 is 0 Å². The molecule has 16 atom stereocenters.